The van der Waals surface area contributed by atoms with Crippen LogP contribution >= 0.6 is 0 Å². The molecule has 0 saturated carbocycles. The normalized spacial score (nSPS) is 44.8. The monoisotopic (exact) mass is 236 g/mol. The number of ether oxygens (including phenoxy) is 1. The molecule has 0 unspecified atom stereocenters. The van der Waals surface area contributed by atoms with Crippen LogP contribution in [0.5, 0.6) is 0 Å². The number of nitrogens with zero attached hydrogens (tertiary/aromatic N) is 1. The summed E-state index contributed by atoms with van der Waals surface area (Å²) in [5.41, 5.74) is 0.640. The number of carbonyl (C=O) groups excluding carboxylic acids is 2. The number of hydrogen-bond acceptors (Lipinski definition) is 4. The Kier molecular flexibility index (Phi) is 2.04. The molecule has 0 bridgehead atoms. The Morgan fingerprint density at radius 3 is 2.88 bits per heavy atom. The van der Waals surface area contributed by atoms with Gasteiger partial charge in [-0.2, -0.15) is 0 Å². The molecule has 5 nitrogen and oxygen atoms in total. The highest BCUT2D eigenvalue weighted by molar-refractivity contribution is 6.07. The maximum atomic E-state index is 12.0. The first-order valence-electron chi connectivity index (χ1n) is 5.85. The van der Waals surface area contributed by atoms with Crippen LogP contribution in [0.4, 0.5) is 0 Å². The van der Waals surface area contributed by atoms with Crippen molar-refractivity contribution in [2.75, 3.05) is 13.6 Å². The van der Waals surface area contributed by atoms with E-state index in [0.29, 0.717) is 0 Å². The van der Waals surface area contributed by atoms with E-state index in [1.54, 1.807) is 0 Å². The van der Waals surface area contributed by atoms with E-state index < -0.39 is 11.7 Å². The molecule has 0 spiro atoms. The van der Waals surface area contributed by atoms with Gasteiger partial charge in [0.1, 0.15) is 5.60 Å². The lowest BCUT2D eigenvalue weighted by Gasteiger charge is -2.35. The molecule has 3 aliphatic rings. The number of imide groups is 1. The van der Waals surface area contributed by atoms with Crippen molar-refractivity contribution < 1.29 is 14.3 Å². The van der Waals surface area contributed by atoms with Crippen molar-refractivity contribution in [1.29, 1.82) is 0 Å². The minimum Gasteiger partial charge on any atom is -0.356 e. The van der Waals surface area contributed by atoms with Crippen molar-refractivity contribution in [2.24, 2.45) is 5.92 Å². The van der Waals surface area contributed by atoms with Gasteiger partial charge in [0.05, 0.1) is 12.0 Å². The number of rotatable bonds is 0. The third-order valence-electron chi connectivity index (χ3n) is 4.01. The highest BCUT2D eigenvalue weighted by Gasteiger charge is 2.62. The number of carbonyl (C=O) groups is 2. The zero-order valence-corrected chi connectivity index (χ0v) is 10.2. The second-order valence-electron chi connectivity index (χ2n) is 5.33. The van der Waals surface area contributed by atoms with Gasteiger partial charge in [-0.15, -0.1) is 0 Å². The molecule has 2 fully saturated rings. The number of amides is 2. The predicted octanol–water partition coefficient (Wildman–Crippen LogP) is -0.323. The molecule has 2 amide bonds. The number of fused-ring (bicyclic) bond motifs is 3. The lowest BCUT2D eigenvalue weighted by atomic mass is 9.84. The zero-order chi connectivity index (χ0) is 12.4. The highest BCUT2D eigenvalue weighted by atomic mass is 16.5. The summed E-state index contributed by atoms with van der Waals surface area (Å²) in [6.45, 7) is 4.70. The molecule has 17 heavy (non-hydrogen) atoms. The maximum absolute atomic E-state index is 12.0. The summed E-state index contributed by atoms with van der Waals surface area (Å²) in [5.74, 6) is -0.723. The van der Waals surface area contributed by atoms with Gasteiger partial charge in [-0.1, -0.05) is 11.6 Å². The maximum Gasteiger partial charge on any atom is 0.258 e. The fraction of sp³-hybridized carbons (Fsp3) is 0.667. The minimum absolute atomic E-state index is 0.0994. The van der Waals surface area contributed by atoms with E-state index in [-0.39, 0.29) is 23.8 Å². The lowest BCUT2D eigenvalue weighted by Crippen LogP contribution is -2.53. The van der Waals surface area contributed by atoms with Gasteiger partial charge in [0.15, 0.2) is 6.10 Å². The Morgan fingerprint density at radius 1 is 1.47 bits per heavy atom. The summed E-state index contributed by atoms with van der Waals surface area (Å²) in [5, 5.41) is 3.32. The van der Waals surface area contributed by atoms with Gasteiger partial charge < -0.3 is 10.1 Å². The molecular formula is C12H16N2O3. The molecule has 5 heteroatoms. The predicted molar refractivity (Wildman–Crippen MR) is 60.1 cm³/mol. The van der Waals surface area contributed by atoms with Crippen molar-refractivity contribution in [2.45, 2.75) is 31.6 Å². The van der Waals surface area contributed by atoms with Crippen LogP contribution in [0.1, 0.15) is 13.8 Å². The molecular weight excluding hydrogens is 220 g/mol. The highest BCUT2D eigenvalue weighted by Crippen LogP contribution is 2.43. The van der Waals surface area contributed by atoms with Gasteiger partial charge in [-0.3, -0.25) is 14.5 Å². The van der Waals surface area contributed by atoms with Gasteiger partial charge in [0.2, 0.25) is 5.91 Å². The third kappa shape index (κ3) is 1.26. The standard InChI is InChI=1S/C12H16N2O3/c1-6-4-12(2)9(13-5-6)7-8(17-12)11(16)14(3)10(7)15/h4,7-9,13H,5H2,1-3H3/t7-,8-,9-,12-/m0/s1. The van der Waals surface area contributed by atoms with Crippen LogP contribution in [0.25, 0.3) is 0 Å². The molecule has 0 aromatic heterocycles. The Hall–Kier alpha value is -1.20. The van der Waals surface area contributed by atoms with E-state index in [1.165, 1.54) is 17.5 Å². The Balaban J connectivity index is 2.02. The summed E-state index contributed by atoms with van der Waals surface area (Å²) >= 11 is 0. The van der Waals surface area contributed by atoms with E-state index in [2.05, 4.69) is 5.32 Å². The van der Waals surface area contributed by atoms with Gasteiger partial charge in [-0.25, -0.2) is 0 Å². The Labute approximate surface area is 99.8 Å². The van der Waals surface area contributed by atoms with Gasteiger partial charge >= 0.3 is 0 Å². The summed E-state index contributed by atoms with van der Waals surface area (Å²) in [7, 11) is 1.52. The van der Waals surface area contributed by atoms with Crippen LogP contribution in [0.3, 0.4) is 0 Å². The third-order valence-corrected chi connectivity index (χ3v) is 4.01. The van der Waals surface area contributed by atoms with E-state index in [4.69, 9.17) is 4.74 Å². The fourth-order valence-electron chi connectivity index (χ4n) is 3.22. The average molecular weight is 236 g/mol. The second kappa shape index (κ2) is 3.17. The van der Waals surface area contributed by atoms with Gasteiger partial charge in [-0.05, 0) is 13.8 Å². The van der Waals surface area contributed by atoms with Crippen molar-refractivity contribution in [3.05, 3.63) is 11.6 Å². The minimum atomic E-state index is -0.614. The fourth-order valence-corrected chi connectivity index (χ4v) is 3.22. The summed E-state index contributed by atoms with van der Waals surface area (Å²) < 4.78 is 5.85. The molecule has 1 N–H and O–H groups in total. The number of nitrogens with one attached hydrogen (secondary N) is 1. The first-order chi connectivity index (χ1) is 7.94. The van der Waals surface area contributed by atoms with Crippen LogP contribution in [0.2, 0.25) is 0 Å². The summed E-state index contributed by atoms with van der Waals surface area (Å²) in [6, 6.07) is -0.0994. The molecule has 0 radical (unpaired) electrons. The quantitative estimate of drug-likeness (QED) is 0.462. The Bertz CT molecular complexity index is 445. The number of likely N-dealkylation sites (tertiary alicyclic amines) is 1. The van der Waals surface area contributed by atoms with E-state index in [9.17, 15) is 9.59 Å². The molecule has 3 rings (SSSR count). The molecule has 92 valence electrons. The van der Waals surface area contributed by atoms with Crippen molar-refractivity contribution >= 4 is 11.8 Å². The molecule has 0 aromatic rings. The molecule has 4 atom stereocenters. The van der Waals surface area contributed by atoms with Crippen LogP contribution in [0, 0.1) is 5.92 Å². The second-order valence-corrected chi connectivity index (χ2v) is 5.33. The molecule has 0 aromatic carbocycles. The van der Waals surface area contributed by atoms with Crippen LogP contribution in [-0.4, -0.2) is 48.1 Å². The first-order valence-corrected chi connectivity index (χ1v) is 5.85. The van der Waals surface area contributed by atoms with Crippen LogP contribution in [-0.2, 0) is 14.3 Å². The summed E-state index contributed by atoms with van der Waals surface area (Å²) in [6.07, 6.45) is 1.42. The lowest BCUT2D eigenvalue weighted by molar-refractivity contribution is -0.144. The topological polar surface area (TPSA) is 58.6 Å². The number of hydrogen-bond donors (Lipinski definition) is 1. The summed E-state index contributed by atoms with van der Waals surface area (Å²) in [4.78, 5) is 25.1. The van der Waals surface area contributed by atoms with Crippen LogP contribution < -0.4 is 5.32 Å². The molecule has 3 aliphatic heterocycles. The van der Waals surface area contributed by atoms with E-state index in [1.807, 2.05) is 19.9 Å². The Morgan fingerprint density at radius 2 is 2.18 bits per heavy atom. The van der Waals surface area contributed by atoms with Crippen LogP contribution in [0.15, 0.2) is 11.6 Å². The van der Waals surface area contributed by atoms with Crippen molar-refractivity contribution in [3.63, 3.8) is 0 Å². The molecule has 0 aliphatic carbocycles. The smallest absolute Gasteiger partial charge is 0.258 e. The van der Waals surface area contributed by atoms with Gasteiger partial charge in [0, 0.05) is 13.6 Å². The van der Waals surface area contributed by atoms with Crippen molar-refractivity contribution in [1.82, 2.24) is 10.2 Å². The molecule has 2 saturated heterocycles. The van der Waals surface area contributed by atoms with Gasteiger partial charge in [0.25, 0.3) is 5.91 Å². The first kappa shape index (κ1) is 10.9. The molecule has 3 heterocycles. The average Bonchev–Trinajstić information content (AvgIpc) is 2.66. The van der Waals surface area contributed by atoms with Crippen molar-refractivity contribution in [3.8, 4) is 0 Å². The van der Waals surface area contributed by atoms with E-state index in [0.717, 1.165) is 6.54 Å². The SMILES string of the molecule is CC1=C[C@]2(C)O[C@@H]3C(=O)N(C)C(=O)[C@@H]3[C@@H]2NC1. The largest absolute Gasteiger partial charge is 0.356 e. The van der Waals surface area contributed by atoms with E-state index >= 15 is 0 Å². The number of likely N-dealkylation sites (N-methyl/N-ethyl adjacent to an activating group) is 1. The zero-order valence-electron chi connectivity index (χ0n) is 10.2.